The largest absolute Gasteiger partial charge is 0.392 e. The maximum absolute atomic E-state index is 9.57. The molecule has 2 aliphatic heterocycles. The van der Waals surface area contributed by atoms with Crippen LogP contribution in [0.4, 0.5) is 5.13 Å². The van der Waals surface area contributed by atoms with Crippen molar-refractivity contribution in [3.63, 3.8) is 0 Å². The summed E-state index contributed by atoms with van der Waals surface area (Å²) < 4.78 is 0. The third-order valence-electron chi connectivity index (χ3n) is 4.54. The topological polar surface area (TPSA) is 48.4 Å². The second-order valence-corrected chi connectivity index (χ2v) is 7.25. The van der Waals surface area contributed by atoms with E-state index in [0.29, 0.717) is 6.04 Å². The molecule has 4 nitrogen and oxygen atoms in total. The molecule has 0 aliphatic carbocycles. The van der Waals surface area contributed by atoms with E-state index < -0.39 is 0 Å². The summed E-state index contributed by atoms with van der Waals surface area (Å²) in [6, 6.07) is 9.18. The van der Waals surface area contributed by atoms with E-state index in [1.165, 1.54) is 22.4 Å². The van der Waals surface area contributed by atoms with Gasteiger partial charge in [-0.3, -0.25) is 0 Å². The van der Waals surface area contributed by atoms with Crippen LogP contribution in [0.2, 0.25) is 0 Å². The van der Waals surface area contributed by atoms with E-state index in [4.69, 9.17) is 0 Å². The Morgan fingerprint density at radius 3 is 2.73 bits per heavy atom. The molecular weight excluding hydrogens is 294 g/mol. The van der Waals surface area contributed by atoms with E-state index in [0.717, 1.165) is 37.6 Å². The van der Waals surface area contributed by atoms with E-state index in [-0.39, 0.29) is 6.10 Å². The van der Waals surface area contributed by atoms with Gasteiger partial charge in [-0.05, 0) is 30.4 Å². The number of β-amino-alcohol motifs (C(OH)–C–C–N with tert-alkyl or cyclic N) is 1. The third kappa shape index (κ3) is 2.89. The minimum Gasteiger partial charge on any atom is -0.392 e. The van der Waals surface area contributed by atoms with Gasteiger partial charge in [0, 0.05) is 31.9 Å². The number of aromatic nitrogens is 1. The van der Waals surface area contributed by atoms with Crippen LogP contribution in [0.3, 0.4) is 0 Å². The molecule has 1 aromatic heterocycles. The van der Waals surface area contributed by atoms with Gasteiger partial charge >= 0.3 is 0 Å². The summed E-state index contributed by atoms with van der Waals surface area (Å²) in [6.45, 7) is 3.02. The second-order valence-electron chi connectivity index (χ2n) is 6.24. The zero-order chi connectivity index (χ0) is 14.9. The molecule has 0 saturated carbocycles. The van der Waals surface area contributed by atoms with Crippen LogP contribution in [0, 0.1) is 0 Å². The molecule has 2 N–H and O–H groups in total. The van der Waals surface area contributed by atoms with Crippen LogP contribution in [0.1, 0.15) is 18.4 Å². The average molecular weight is 315 g/mol. The van der Waals surface area contributed by atoms with Crippen LogP contribution in [0.15, 0.2) is 30.5 Å². The van der Waals surface area contributed by atoms with Gasteiger partial charge in [-0.2, -0.15) is 0 Å². The number of benzene rings is 1. The first kappa shape index (κ1) is 14.2. The first-order chi connectivity index (χ1) is 10.8. The molecule has 2 fully saturated rings. The highest BCUT2D eigenvalue weighted by molar-refractivity contribution is 7.18. The monoisotopic (exact) mass is 315 g/mol. The van der Waals surface area contributed by atoms with Crippen molar-refractivity contribution in [3.8, 4) is 10.4 Å². The van der Waals surface area contributed by atoms with Crippen molar-refractivity contribution in [1.29, 1.82) is 0 Å². The molecule has 4 rings (SSSR count). The van der Waals surface area contributed by atoms with Gasteiger partial charge < -0.3 is 15.3 Å². The zero-order valence-electron chi connectivity index (χ0n) is 12.5. The van der Waals surface area contributed by atoms with Crippen molar-refractivity contribution < 1.29 is 5.11 Å². The second kappa shape index (κ2) is 5.99. The van der Waals surface area contributed by atoms with E-state index in [2.05, 4.69) is 39.5 Å². The number of nitrogens with zero attached hydrogens (tertiary/aromatic N) is 2. The van der Waals surface area contributed by atoms with Crippen molar-refractivity contribution in [3.05, 3.63) is 36.0 Å². The Kier molecular flexibility index (Phi) is 3.86. The minimum absolute atomic E-state index is 0.179. The van der Waals surface area contributed by atoms with E-state index in [1.54, 1.807) is 11.3 Å². The number of thiazole rings is 1. The molecule has 0 amide bonds. The molecule has 0 radical (unpaired) electrons. The molecule has 1 aromatic carbocycles. The highest BCUT2D eigenvalue weighted by Crippen LogP contribution is 2.33. The highest BCUT2D eigenvalue weighted by Gasteiger charge is 2.22. The smallest absolute Gasteiger partial charge is 0.185 e. The molecule has 5 heteroatoms. The predicted molar refractivity (Wildman–Crippen MR) is 90.5 cm³/mol. The molecule has 2 saturated heterocycles. The number of nitrogens with one attached hydrogen (secondary N) is 1. The van der Waals surface area contributed by atoms with Gasteiger partial charge in [0.2, 0.25) is 0 Å². The molecule has 2 atom stereocenters. The Morgan fingerprint density at radius 1 is 1.27 bits per heavy atom. The number of rotatable bonds is 4. The van der Waals surface area contributed by atoms with Crippen LogP contribution in [0.25, 0.3) is 10.4 Å². The predicted octanol–water partition coefficient (Wildman–Crippen LogP) is 2.29. The number of hydrogen-bond acceptors (Lipinski definition) is 5. The van der Waals surface area contributed by atoms with Crippen molar-refractivity contribution in [2.24, 2.45) is 0 Å². The minimum atomic E-state index is -0.179. The van der Waals surface area contributed by atoms with E-state index in [9.17, 15) is 5.11 Å². The van der Waals surface area contributed by atoms with Crippen molar-refractivity contribution in [2.45, 2.75) is 31.4 Å². The van der Waals surface area contributed by atoms with Gasteiger partial charge in [-0.25, -0.2) is 4.98 Å². The van der Waals surface area contributed by atoms with Gasteiger partial charge in [0.1, 0.15) is 0 Å². The Hall–Kier alpha value is -1.43. The maximum Gasteiger partial charge on any atom is 0.185 e. The average Bonchev–Trinajstić information content (AvgIpc) is 3.08. The zero-order valence-corrected chi connectivity index (χ0v) is 13.4. The van der Waals surface area contributed by atoms with E-state index >= 15 is 0 Å². The van der Waals surface area contributed by atoms with Crippen LogP contribution < -0.4 is 10.2 Å². The van der Waals surface area contributed by atoms with Crippen LogP contribution >= 0.6 is 11.3 Å². The Balaban J connectivity index is 1.43. The normalized spacial score (nSPS) is 24.5. The summed E-state index contributed by atoms with van der Waals surface area (Å²) in [5.41, 5.74) is 2.57. The van der Waals surface area contributed by atoms with Crippen LogP contribution in [-0.2, 0) is 6.42 Å². The molecule has 3 heterocycles. The molecule has 0 spiro atoms. The summed E-state index contributed by atoms with van der Waals surface area (Å²) in [5, 5.41) is 14.1. The van der Waals surface area contributed by atoms with Crippen LogP contribution in [0.5, 0.6) is 0 Å². The molecule has 116 valence electrons. The first-order valence-electron chi connectivity index (χ1n) is 7.99. The van der Waals surface area contributed by atoms with Crippen molar-refractivity contribution in [1.82, 2.24) is 10.3 Å². The summed E-state index contributed by atoms with van der Waals surface area (Å²) >= 11 is 1.78. The summed E-state index contributed by atoms with van der Waals surface area (Å²) in [7, 11) is 0. The summed E-state index contributed by atoms with van der Waals surface area (Å²) in [5.74, 6) is 0. The number of anilines is 1. The Bertz CT molecular complexity index is 636. The van der Waals surface area contributed by atoms with Crippen molar-refractivity contribution in [2.75, 3.05) is 24.5 Å². The standard InChI is InChI=1S/C17H21N3OS/c21-15-9-14(18-10-15)8-12-2-4-13(5-3-12)16-11-19-17(22-16)20-6-1-7-20/h2-5,11,14-15,18,21H,1,6-10H2/t14-,15+/m1/s1. The van der Waals surface area contributed by atoms with Crippen molar-refractivity contribution >= 4 is 16.5 Å². The molecule has 0 bridgehead atoms. The lowest BCUT2D eigenvalue weighted by Crippen LogP contribution is -2.36. The molecule has 2 aliphatic rings. The van der Waals surface area contributed by atoms with E-state index in [1.807, 2.05) is 6.20 Å². The van der Waals surface area contributed by atoms with Gasteiger partial charge in [-0.1, -0.05) is 35.6 Å². The number of aliphatic hydroxyl groups excluding tert-OH is 1. The fraction of sp³-hybridized carbons (Fsp3) is 0.471. The number of aliphatic hydroxyl groups is 1. The quantitative estimate of drug-likeness (QED) is 0.909. The van der Waals surface area contributed by atoms with Gasteiger partial charge in [0.05, 0.1) is 11.0 Å². The summed E-state index contributed by atoms with van der Waals surface area (Å²) in [4.78, 5) is 8.11. The lowest BCUT2D eigenvalue weighted by atomic mass is 10.0. The first-order valence-corrected chi connectivity index (χ1v) is 8.81. The Morgan fingerprint density at radius 2 is 2.09 bits per heavy atom. The fourth-order valence-electron chi connectivity index (χ4n) is 3.09. The maximum atomic E-state index is 9.57. The summed E-state index contributed by atoms with van der Waals surface area (Å²) in [6.07, 6.45) is 4.94. The van der Waals surface area contributed by atoms with Gasteiger partial charge in [0.25, 0.3) is 0 Å². The highest BCUT2D eigenvalue weighted by atomic mass is 32.1. The number of hydrogen-bond donors (Lipinski definition) is 2. The van der Waals surface area contributed by atoms with Gasteiger partial charge in [0.15, 0.2) is 5.13 Å². The molecular formula is C17H21N3OS. The molecule has 2 aromatic rings. The lowest BCUT2D eigenvalue weighted by molar-refractivity contribution is 0.193. The van der Waals surface area contributed by atoms with Gasteiger partial charge in [-0.15, -0.1) is 0 Å². The van der Waals surface area contributed by atoms with Crippen LogP contribution in [-0.4, -0.2) is 41.9 Å². The lowest BCUT2D eigenvalue weighted by Gasteiger charge is -2.30. The fourth-order valence-corrected chi connectivity index (χ4v) is 4.07. The molecule has 22 heavy (non-hydrogen) atoms. The molecule has 0 unspecified atom stereocenters. The Labute approximate surface area is 134 Å². The third-order valence-corrected chi connectivity index (χ3v) is 5.65. The SMILES string of the molecule is O[C@@H]1CN[C@H](Cc2ccc(-c3cnc(N4CCC4)s3)cc2)C1.